The Morgan fingerprint density at radius 2 is 1.73 bits per heavy atom. The second-order valence-electron chi connectivity index (χ2n) is 2.54. The minimum atomic E-state index is -0.920. The molecule has 0 aliphatic rings. The van der Waals surface area contributed by atoms with Crippen molar-refractivity contribution < 1.29 is 39.5 Å². The summed E-state index contributed by atoms with van der Waals surface area (Å²) in [4.78, 5) is 9.92. The monoisotopic (exact) mass is 170 g/mol. The van der Waals surface area contributed by atoms with Crippen molar-refractivity contribution in [2.24, 2.45) is 0 Å². The van der Waals surface area contributed by atoms with Crippen molar-refractivity contribution in [1.82, 2.24) is 0 Å². The predicted molar refractivity (Wildman–Crippen MR) is 38.4 cm³/mol. The van der Waals surface area contributed by atoms with Gasteiger partial charge < -0.3 is 9.90 Å². The molecule has 0 bridgehead atoms. The summed E-state index contributed by atoms with van der Waals surface area (Å²) < 4.78 is 0. The molecule has 0 unspecified atom stereocenters. The Morgan fingerprint density at radius 1 is 1.18 bits per heavy atom. The van der Waals surface area contributed by atoms with Crippen LogP contribution in [0.1, 0.15) is 45.4 Å². The van der Waals surface area contributed by atoms with Gasteiger partial charge in [0.2, 0.25) is 0 Å². The van der Waals surface area contributed by atoms with Crippen LogP contribution < -0.4 is 34.7 Å². The number of aliphatic carboxylic acids is 1. The van der Waals surface area contributed by atoms with Crippen molar-refractivity contribution in [2.45, 2.75) is 45.4 Å². The van der Waals surface area contributed by atoms with Crippen molar-refractivity contribution in [1.29, 1.82) is 0 Å². The Labute approximate surface area is 90.7 Å². The molecule has 11 heavy (non-hydrogen) atoms. The second-order valence-corrected chi connectivity index (χ2v) is 2.54. The van der Waals surface area contributed by atoms with Crippen LogP contribution in [-0.2, 0) is 4.79 Å². The molecule has 3 heteroatoms. The van der Waals surface area contributed by atoms with Crippen LogP contribution >= 0.6 is 0 Å². The van der Waals surface area contributed by atoms with E-state index in [0.717, 1.165) is 19.3 Å². The first kappa shape index (κ1) is 14.0. The summed E-state index contributed by atoms with van der Waals surface area (Å²) in [5.74, 6) is -0.920. The maximum absolute atomic E-state index is 9.92. The van der Waals surface area contributed by atoms with Gasteiger partial charge in [0.1, 0.15) is 0 Å². The van der Waals surface area contributed by atoms with E-state index >= 15 is 0 Å². The fourth-order valence-electron chi connectivity index (χ4n) is 0.873. The van der Waals surface area contributed by atoms with Gasteiger partial charge in [-0.1, -0.05) is 32.6 Å². The Kier molecular flexibility index (Phi) is 13.3. The molecule has 0 saturated carbocycles. The van der Waals surface area contributed by atoms with Crippen molar-refractivity contribution in [2.75, 3.05) is 0 Å². The van der Waals surface area contributed by atoms with Crippen LogP contribution in [0.15, 0.2) is 0 Å². The first-order valence-corrected chi connectivity index (χ1v) is 3.97. The molecule has 0 radical (unpaired) electrons. The molecule has 0 aromatic carbocycles. The minimum Gasteiger partial charge on any atom is -0.550 e. The standard InChI is InChI=1S/C8H16O2.Na/c1-2-3-4-5-6-7-8(9)10;/h2-7H2,1H3,(H,9,10);/q;+1/p-1/i5+1,6+1,7+1,8+1;. The van der Waals surface area contributed by atoms with Gasteiger partial charge in [0, 0.05) is 5.97 Å². The second kappa shape index (κ2) is 10.5. The quantitative estimate of drug-likeness (QED) is 0.265. The smallest absolute Gasteiger partial charge is 0.550 e. The average molecular weight is 170 g/mol. The average Bonchev–Trinajstić information content (AvgIpc) is 1.87. The molecule has 0 amide bonds. The van der Waals surface area contributed by atoms with Crippen LogP contribution in [0.4, 0.5) is 0 Å². The fourth-order valence-corrected chi connectivity index (χ4v) is 0.873. The van der Waals surface area contributed by atoms with Crippen molar-refractivity contribution in [3.8, 4) is 0 Å². The van der Waals surface area contributed by atoms with Crippen LogP contribution in [0.25, 0.3) is 0 Å². The van der Waals surface area contributed by atoms with E-state index in [4.69, 9.17) is 0 Å². The Morgan fingerprint density at radius 3 is 2.18 bits per heavy atom. The Bertz CT molecular complexity index is 94.1. The summed E-state index contributed by atoms with van der Waals surface area (Å²) >= 11 is 0. The maximum Gasteiger partial charge on any atom is 1.00 e. The molecule has 0 aromatic rings. The van der Waals surface area contributed by atoms with Gasteiger partial charge >= 0.3 is 29.6 Å². The van der Waals surface area contributed by atoms with Gasteiger partial charge in [0.15, 0.2) is 0 Å². The van der Waals surface area contributed by atoms with Gasteiger partial charge in [0.25, 0.3) is 0 Å². The van der Waals surface area contributed by atoms with Crippen LogP contribution in [0, 0.1) is 0 Å². The summed E-state index contributed by atoms with van der Waals surface area (Å²) in [6, 6.07) is 0. The van der Waals surface area contributed by atoms with Gasteiger partial charge in [-0.05, 0) is 12.8 Å². The van der Waals surface area contributed by atoms with Crippen LogP contribution in [-0.4, -0.2) is 5.97 Å². The summed E-state index contributed by atoms with van der Waals surface area (Å²) in [6.07, 6.45) is 5.61. The van der Waals surface area contributed by atoms with Crippen LogP contribution in [0.2, 0.25) is 0 Å². The zero-order valence-electron chi connectivity index (χ0n) is 7.56. The van der Waals surface area contributed by atoms with Gasteiger partial charge in [0.05, 0.1) is 0 Å². The number of hydrogen-bond acceptors (Lipinski definition) is 2. The molecule has 0 aliphatic heterocycles. The van der Waals surface area contributed by atoms with Crippen molar-refractivity contribution in [3.63, 3.8) is 0 Å². The molecule has 0 fully saturated rings. The molecule has 0 N–H and O–H groups in total. The Balaban J connectivity index is 0. The molecular weight excluding hydrogens is 155 g/mol. The fraction of sp³-hybridized carbons (Fsp3) is 0.875. The van der Waals surface area contributed by atoms with E-state index in [1.54, 1.807) is 0 Å². The number of carbonyl (C=O) groups excluding carboxylic acids is 1. The van der Waals surface area contributed by atoms with Gasteiger partial charge in [-0.3, -0.25) is 0 Å². The van der Waals surface area contributed by atoms with Crippen molar-refractivity contribution >= 4 is 5.97 Å². The van der Waals surface area contributed by atoms with Crippen molar-refractivity contribution in [3.05, 3.63) is 0 Å². The first-order chi connectivity index (χ1) is 4.77. The number of carboxylic acids is 1. The molecular formula is C8H15NaO2. The number of hydrogen-bond donors (Lipinski definition) is 0. The van der Waals surface area contributed by atoms with E-state index in [9.17, 15) is 9.90 Å². The molecule has 0 spiro atoms. The third-order valence-electron chi connectivity index (χ3n) is 1.48. The summed E-state index contributed by atoms with van der Waals surface area (Å²) in [7, 11) is 0. The predicted octanol–water partition coefficient (Wildman–Crippen LogP) is -1.90. The molecule has 2 nitrogen and oxygen atoms in total. The first-order valence-electron chi connectivity index (χ1n) is 3.97. The van der Waals surface area contributed by atoms with Crippen LogP contribution in [0.3, 0.4) is 0 Å². The zero-order chi connectivity index (χ0) is 7.82. The van der Waals surface area contributed by atoms with Gasteiger partial charge in [-0.25, -0.2) is 0 Å². The third kappa shape index (κ3) is 13.5. The minimum absolute atomic E-state index is 0. The number of carboxylic acid groups (broad SMARTS) is 1. The van der Waals surface area contributed by atoms with E-state index in [-0.39, 0.29) is 36.0 Å². The van der Waals surface area contributed by atoms with E-state index in [1.807, 2.05) is 0 Å². The molecule has 0 atom stereocenters. The van der Waals surface area contributed by atoms with E-state index in [2.05, 4.69) is 6.92 Å². The Hall–Kier alpha value is 0.470. The van der Waals surface area contributed by atoms with Crippen LogP contribution in [0.5, 0.6) is 0 Å². The maximum atomic E-state index is 9.92. The molecule has 60 valence electrons. The van der Waals surface area contributed by atoms with E-state index < -0.39 is 5.97 Å². The van der Waals surface area contributed by atoms with E-state index in [1.165, 1.54) is 12.8 Å². The zero-order valence-corrected chi connectivity index (χ0v) is 9.56. The number of rotatable bonds is 6. The summed E-state index contributed by atoms with van der Waals surface area (Å²) in [5, 5.41) is 9.92. The van der Waals surface area contributed by atoms with Gasteiger partial charge in [-0.15, -0.1) is 0 Å². The molecule has 0 heterocycles. The molecule has 0 aliphatic carbocycles. The SMILES string of the molecule is CCCC[13CH2][13CH2][13CH2][13C](=O)[O-].[Na+]. The largest absolute Gasteiger partial charge is 1.00 e. The topological polar surface area (TPSA) is 40.1 Å². The molecule has 0 rings (SSSR count). The normalized spacial score (nSPS) is 8.82. The molecule has 0 aromatic heterocycles. The number of unbranched alkanes of at least 4 members (excludes halogenated alkanes) is 4. The summed E-state index contributed by atoms with van der Waals surface area (Å²) in [5.41, 5.74) is 0. The summed E-state index contributed by atoms with van der Waals surface area (Å²) in [6.45, 7) is 2.14. The number of carbonyl (C=O) groups is 1. The van der Waals surface area contributed by atoms with Gasteiger partial charge in [-0.2, -0.15) is 0 Å². The molecule has 0 saturated heterocycles. The third-order valence-corrected chi connectivity index (χ3v) is 1.48. The van der Waals surface area contributed by atoms with E-state index in [0.29, 0.717) is 0 Å².